The fourth-order valence-electron chi connectivity index (χ4n) is 1.49. The molecule has 0 aliphatic rings. The maximum absolute atomic E-state index is 5.75. The predicted octanol–water partition coefficient (Wildman–Crippen LogP) is 1.60. The lowest BCUT2D eigenvalue weighted by Gasteiger charge is -2.31. The van der Waals surface area contributed by atoms with Gasteiger partial charge in [-0.25, -0.2) is 9.97 Å². The molecule has 0 unspecified atom stereocenters. The van der Waals surface area contributed by atoms with Crippen molar-refractivity contribution in [3.05, 3.63) is 18.0 Å². The summed E-state index contributed by atoms with van der Waals surface area (Å²) in [5.41, 5.74) is 6.83. The first kappa shape index (κ1) is 12.9. The number of anilines is 1. The molecular weight excluding hydrogens is 200 g/mol. The molecule has 0 radical (unpaired) electrons. The fourth-order valence-corrected chi connectivity index (χ4v) is 1.49. The normalized spacial score (nSPS) is 11.6. The van der Waals surface area contributed by atoms with Gasteiger partial charge in [-0.3, -0.25) is 0 Å². The van der Waals surface area contributed by atoms with E-state index in [2.05, 4.69) is 35.6 Å². The first-order chi connectivity index (χ1) is 7.48. The van der Waals surface area contributed by atoms with E-state index in [1.165, 1.54) is 0 Å². The Balaban J connectivity index is 2.82. The number of nitrogens with zero attached hydrogens (tertiary/aromatic N) is 3. The van der Waals surface area contributed by atoms with Gasteiger partial charge in [-0.1, -0.05) is 13.8 Å². The van der Waals surface area contributed by atoms with Crippen LogP contribution in [0.1, 0.15) is 26.5 Å². The van der Waals surface area contributed by atoms with E-state index in [0.717, 1.165) is 24.7 Å². The first-order valence-corrected chi connectivity index (χ1v) is 5.73. The largest absolute Gasteiger partial charge is 0.341 e. The van der Waals surface area contributed by atoms with Crippen LogP contribution in [0.2, 0.25) is 0 Å². The van der Waals surface area contributed by atoms with Crippen LogP contribution < -0.4 is 10.6 Å². The summed E-state index contributed by atoms with van der Waals surface area (Å²) in [6.45, 7) is 10.8. The highest BCUT2D eigenvalue weighted by atomic mass is 15.2. The number of nitrogens with two attached hydrogens (primary N) is 1. The zero-order valence-electron chi connectivity index (χ0n) is 10.7. The molecule has 1 rings (SSSR count). The standard InChI is InChI=1S/C12H22N4/c1-5-16(9-12(3,4)8-13)11-14-7-6-10(2)15-11/h6-7H,5,8-9,13H2,1-4H3. The Morgan fingerprint density at radius 1 is 1.44 bits per heavy atom. The van der Waals surface area contributed by atoms with Crippen molar-refractivity contribution in [3.8, 4) is 0 Å². The van der Waals surface area contributed by atoms with Crippen molar-refractivity contribution < 1.29 is 0 Å². The average Bonchev–Trinajstić information content (AvgIpc) is 2.26. The lowest BCUT2D eigenvalue weighted by Crippen LogP contribution is -2.39. The molecule has 0 spiro atoms. The third kappa shape index (κ3) is 3.45. The fraction of sp³-hybridized carbons (Fsp3) is 0.667. The van der Waals surface area contributed by atoms with E-state index < -0.39 is 0 Å². The van der Waals surface area contributed by atoms with Crippen molar-refractivity contribution in [3.63, 3.8) is 0 Å². The molecule has 1 aromatic heterocycles. The topological polar surface area (TPSA) is 55.0 Å². The van der Waals surface area contributed by atoms with Crippen LogP contribution in [0.15, 0.2) is 12.3 Å². The monoisotopic (exact) mass is 222 g/mol. The molecule has 0 atom stereocenters. The van der Waals surface area contributed by atoms with Gasteiger partial charge in [-0.05, 0) is 31.9 Å². The smallest absolute Gasteiger partial charge is 0.225 e. The summed E-state index contributed by atoms with van der Waals surface area (Å²) in [5.74, 6) is 0.795. The van der Waals surface area contributed by atoms with E-state index >= 15 is 0 Å². The van der Waals surface area contributed by atoms with Gasteiger partial charge in [-0.2, -0.15) is 0 Å². The van der Waals surface area contributed by atoms with Crippen molar-refractivity contribution in [2.75, 3.05) is 24.5 Å². The van der Waals surface area contributed by atoms with E-state index in [0.29, 0.717) is 6.54 Å². The first-order valence-electron chi connectivity index (χ1n) is 5.73. The summed E-state index contributed by atoms with van der Waals surface area (Å²) in [5, 5.41) is 0. The van der Waals surface area contributed by atoms with Gasteiger partial charge in [0.25, 0.3) is 0 Å². The molecule has 4 heteroatoms. The molecule has 90 valence electrons. The van der Waals surface area contributed by atoms with Gasteiger partial charge in [0.05, 0.1) is 0 Å². The highest BCUT2D eigenvalue weighted by Crippen LogP contribution is 2.18. The number of hydrogen-bond donors (Lipinski definition) is 1. The zero-order valence-corrected chi connectivity index (χ0v) is 10.7. The molecule has 16 heavy (non-hydrogen) atoms. The minimum Gasteiger partial charge on any atom is -0.341 e. The number of aromatic nitrogens is 2. The third-order valence-corrected chi connectivity index (χ3v) is 2.62. The van der Waals surface area contributed by atoms with E-state index in [4.69, 9.17) is 5.73 Å². The van der Waals surface area contributed by atoms with Crippen molar-refractivity contribution in [2.45, 2.75) is 27.7 Å². The van der Waals surface area contributed by atoms with Crippen molar-refractivity contribution >= 4 is 5.95 Å². The van der Waals surface area contributed by atoms with Gasteiger partial charge < -0.3 is 10.6 Å². The predicted molar refractivity (Wildman–Crippen MR) is 67.5 cm³/mol. The van der Waals surface area contributed by atoms with Crippen LogP contribution >= 0.6 is 0 Å². The highest BCUT2D eigenvalue weighted by Gasteiger charge is 2.20. The molecule has 0 aliphatic carbocycles. The molecule has 1 heterocycles. The van der Waals surface area contributed by atoms with Crippen LogP contribution in [0.3, 0.4) is 0 Å². The van der Waals surface area contributed by atoms with Gasteiger partial charge in [0.2, 0.25) is 5.95 Å². The highest BCUT2D eigenvalue weighted by molar-refractivity contribution is 5.30. The third-order valence-electron chi connectivity index (χ3n) is 2.62. The minimum absolute atomic E-state index is 0.0864. The summed E-state index contributed by atoms with van der Waals surface area (Å²) in [7, 11) is 0. The molecular formula is C12H22N4. The van der Waals surface area contributed by atoms with Crippen LogP contribution in [0.25, 0.3) is 0 Å². The molecule has 0 aromatic carbocycles. The van der Waals surface area contributed by atoms with Crippen molar-refractivity contribution in [2.24, 2.45) is 11.1 Å². The van der Waals surface area contributed by atoms with Gasteiger partial charge >= 0.3 is 0 Å². The van der Waals surface area contributed by atoms with Crippen LogP contribution in [0.5, 0.6) is 0 Å². The quantitative estimate of drug-likeness (QED) is 0.822. The zero-order chi connectivity index (χ0) is 12.2. The van der Waals surface area contributed by atoms with Gasteiger partial charge in [0.15, 0.2) is 0 Å². The second-order valence-corrected chi connectivity index (χ2v) is 4.88. The molecule has 4 nitrogen and oxygen atoms in total. The summed E-state index contributed by atoms with van der Waals surface area (Å²) in [6, 6.07) is 1.91. The van der Waals surface area contributed by atoms with Crippen molar-refractivity contribution in [1.29, 1.82) is 0 Å². The SMILES string of the molecule is CCN(CC(C)(C)CN)c1nccc(C)n1. The average molecular weight is 222 g/mol. The Morgan fingerprint density at radius 2 is 2.12 bits per heavy atom. The Hall–Kier alpha value is -1.16. The second kappa shape index (κ2) is 5.25. The molecule has 0 aliphatic heterocycles. The Kier molecular flexibility index (Phi) is 4.24. The summed E-state index contributed by atoms with van der Waals surface area (Å²) < 4.78 is 0. The maximum atomic E-state index is 5.75. The van der Waals surface area contributed by atoms with Gasteiger partial charge in [0, 0.05) is 25.0 Å². The molecule has 0 amide bonds. The molecule has 1 aromatic rings. The lowest BCUT2D eigenvalue weighted by atomic mass is 9.93. The summed E-state index contributed by atoms with van der Waals surface area (Å²) in [6.07, 6.45) is 1.80. The van der Waals surface area contributed by atoms with Gasteiger partial charge in [0.1, 0.15) is 0 Å². The molecule has 2 N–H and O–H groups in total. The Morgan fingerprint density at radius 3 is 2.62 bits per heavy atom. The Bertz CT molecular complexity index is 336. The number of rotatable bonds is 5. The minimum atomic E-state index is 0.0864. The second-order valence-electron chi connectivity index (χ2n) is 4.88. The number of aryl methyl sites for hydroxylation is 1. The van der Waals surface area contributed by atoms with Crippen LogP contribution in [0, 0.1) is 12.3 Å². The summed E-state index contributed by atoms with van der Waals surface area (Å²) in [4.78, 5) is 10.9. The van der Waals surface area contributed by atoms with E-state index in [9.17, 15) is 0 Å². The molecule has 0 fully saturated rings. The molecule has 0 saturated carbocycles. The van der Waals surface area contributed by atoms with E-state index in [-0.39, 0.29) is 5.41 Å². The van der Waals surface area contributed by atoms with Crippen LogP contribution in [0.4, 0.5) is 5.95 Å². The molecule has 0 bridgehead atoms. The lowest BCUT2D eigenvalue weighted by molar-refractivity contribution is 0.377. The van der Waals surface area contributed by atoms with Gasteiger partial charge in [-0.15, -0.1) is 0 Å². The van der Waals surface area contributed by atoms with Crippen molar-refractivity contribution in [1.82, 2.24) is 9.97 Å². The number of hydrogen-bond acceptors (Lipinski definition) is 4. The maximum Gasteiger partial charge on any atom is 0.225 e. The Labute approximate surface area is 97.9 Å². The van der Waals surface area contributed by atoms with E-state index in [1.807, 2.05) is 13.0 Å². The van der Waals surface area contributed by atoms with E-state index in [1.54, 1.807) is 6.20 Å². The molecule has 0 saturated heterocycles. The van der Waals surface area contributed by atoms with Crippen LogP contribution in [-0.4, -0.2) is 29.6 Å². The van der Waals surface area contributed by atoms with Crippen LogP contribution in [-0.2, 0) is 0 Å². The summed E-state index contributed by atoms with van der Waals surface area (Å²) >= 11 is 0.